The maximum Gasteiger partial charge on any atom is 0.0323 e. The van der Waals surface area contributed by atoms with Gasteiger partial charge in [0.1, 0.15) is 0 Å². The number of anilines is 1. The molecule has 0 atom stereocenters. The molecule has 3 rings (SSSR count). The summed E-state index contributed by atoms with van der Waals surface area (Å²) in [5, 5.41) is 0. The molecule has 2 nitrogen and oxygen atoms in total. The molecule has 0 aromatic heterocycles. The van der Waals surface area contributed by atoms with Gasteiger partial charge in [0.2, 0.25) is 0 Å². The van der Waals surface area contributed by atoms with Crippen LogP contribution in [0.2, 0.25) is 0 Å². The smallest absolute Gasteiger partial charge is 0.0323 e. The molecule has 0 bridgehead atoms. The first kappa shape index (κ1) is 12.2. The van der Waals surface area contributed by atoms with Gasteiger partial charge in [-0.25, -0.2) is 0 Å². The van der Waals surface area contributed by atoms with Gasteiger partial charge in [-0.3, -0.25) is 4.90 Å². The Hall–Kier alpha value is -1.80. The Morgan fingerprint density at radius 3 is 2.68 bits per heavy atom. The van der Waals surface area contributed by atoms with E-state index in [2.05, 4.69) is 54.3 Å². The van der Waals surface area contributed by atoms with E-state index in [1.54, 1.807) is 0 Å². The molecule has 2 aromatic rings. The van der Waals surface area contributed by atoms with Gasteiger partial charge in [-0.15, -0.1) is 0 Å². The molecule has 0 amide bonds. The van der Waals surface area contributed by atoms with E-state index in [0.29, 0.717) is 0 Å². The summed E-state index contributed by atoms with van der Waals surface area (Å²) in [5.74, 6) is 0. The third-order valence-corrected chi connectivity index (χ3v) is 3.97. The van der Waals surface area contributed by atoms with E-state index in [9.17, 15) is 0 Å². The highest BCUT2D eigenvalue weighted by Crippen LogP contribution is 2.32. The molecule has 0 saturated heterocycles. The SMILES string of the molecule is CCN1CCc2c(cc(N)cc2-c2ccccc2)C1. The second-order valence-corrected chi connectivity index (χ2v) is 5.19. The Morgan fingerprint density at radius 1 is 1.16 bits per heavy atom. The molecule has 0 radical (unpaired) electrons. The number of nitrogens with zero attached hydrogens (tertiary/aromatic N) is 1. The Morgan fingerprint density at radius 2 is 1.95 bits per heavy atom. The Bertz CT molecular complexity index is 575. The van der Waals surface area contributed by atoms with Gasteiger partial charge in [0.25, 0.3) is 0 Å². The van der Waals surface area contributed by atoms with Crippen molar-refractivity contribution in [3.8, 4) is 11.1 Å². The van der Waals surface area contributed by atoms with Crippen molar-refractivity contribution < 1.29 is 0 Å². The molecule has 1 aliphatic rings. The van der Waals surface area contributed by atoms with Gasteiger partial charge in [0, 0.05) is 18.8 Å². The summed E-state index contributed by atoms with van der Waals surface area (Å²) < 4.78 is 0. The van der Waals surface area contributed by atoms with Gasteiger partial charge in [0.05, 0.1) is 0 Å². The van der Waals surface area contributed by atoms with Crippen molar-refractivity contribution in [2.45, 2.75) is 19.9 Å². The average Bonchev–Trinajstić information content (AvgIpc) is 2.46. The molecule has 1 heterocycles. The molecule has 0 saturated carbocycles. The summed E-state index contributed by atoms with van der Waals surface area (Å²) in [5.41, 5.74) is 12.4. The molecule has 0 spiro atoms. The highest BCUT2D eigenvalue weighted by Gasteiger charge is 2.19. The highest BCUT2D eigenvalue weighted by molar-refractivity contribution is 5.73. The minimum atomic E-state index is 0.871. The summed E-state index contributed by atoms with van der Waals surface area (Å²) in [4.78, 5) is 2.47. The van der Waals surface area contributed by atoms with Crippen LogP contribution < -0.4 is 5.73 Å². The molecule has 2 N–H and O–H groups in total. The first-order chi connectivity index (χ1) is 9.28. The third-order valence-electron chi connectivity index (χ3n) is 3.97. The van der Waals surface area contributed by atoms with Gasteiger partial charge in [-0.05, 0) is 47.4 Å². The number of nitrogen functional groups attached to an aromatic ring is 1. The van der Waals surface area contributed by atoms with Gasteiger partial charge in [-0.2, -0.15) is 0 Å². The number of nitrogens with two attached hydrogens (primary N) is 1. The van der Waals surface area contributed by atoms with Crippen LogP contribution in [0.3, 0.4) is 0 Å². The molecule has 98 valence electrons. The third kappa shape index (κ3) is 2.36. The molecular formula is C17H20N2. The van der Waals surface area contributed by atoms with Crippen molar-refractivity contribution >= 4 is 5.69 Å². The standard InChI is InChI=1S/C17H20N2/c1-2-19-9-8-16-14(12-19)10-15(18)11-17(16)13-6-4-3-5-7-13/h3-7,10-11H,2,8-9,12,18H2,1H3. The predicted octanol–water partition coefficient (Wildman–Crippen LogP) is 3.31. The zero-order valence-electron chi connectivity index (χ0n) is 11.4. The van der Waals surface area contributed by atoms with Gasteiger partial charge in [-0.1, -0.05) is 37.3 Å². The number of rotatable bonds is 2. The molecule has 2 heteroatoms. The summed E-state index contributed by atoms with van der Waals surface area (Å²) >= 11 is 0. The Kier molecular flexibility index (Phi) is 3.26. The minimum absolute atomic E-state index is 0.871. The average molecular weight is 252 g/mol. The number of benzene rings is 2. The van der Waals surface area contributed by atoms with Crippen molar-refractivity contribution in [1.29, 1.82) is 0 Å². The van der Waals surface area contributed by atoms with Crippen LogP contribution in [0.4, 0.5) is 5.69 Å². The number of fused-ring (bicyclic) bond motifs is 1. The first-order valence-electron chi connectivity index (χ1n) is 6.97. The largest absolute Gasteiger partial charge is 0.399 e. The monoisotopic (exact) mass is 252 g/mol. The van der Waals surface area contributed by atoms with Crippen molar-refractivity contribution in [3.05, 3.63) is 53.6 Å². The maximum atomic E-state index is 6.09. The van der Waals surface area contributed by atoms with Gasteiger partial charge < -0.3 is 5.73 Å². The zero-order valence-corrected chi connectivity index (χ0v) is 11.4. The van der Waals surface area contributed by atoms with Gasteiger partial charge >= 0.3 is 0 Å². The van der Waals surface area contributed by atoms with Crippen LogP contribution in [0.5, 0.6) is 0 Å². The lowest BCUT2D eigenvalue weighted by molar-refractivity contribution is 0.268. The maximum absolute atomic E-state index is 6.09. The van der Waals surface area contributed by atoms with Crippen molar-refractivity contribution in [2.75, 3.05) is 18.8 Å². The van der Waals surface area contributed by atoms with Crippen LogP contribution in [0.25, 0.3) is 11.1 Å². The fourth-order valence-electron chi connectivity index (χ4n) is 2.93. The van der Waals surface area contributed by atoms with Crippen LogP contribution in [0.15, 0.2) is 42.5 Å². The van der Waals surface area contributed by atoms with Crippen molar-refractivity contribution in [1.82, 2.24) is 4.90 Å². The lowest BCUT2D eigenvalue weighted by Gasteiger charge is -2.29. The fourth-order valence-corrected chi connectivity index (χ4v) is 2.93. The molecule has 0 unspecified atom stereocenters. The second-order valence-electron chi connectivity index (χ2n) is 5.19. The number of likely N-dealkylation sites (N-methyl/N-ethyl adjacent to an activating group) is 1. The quantitative estimate of drug-likeness (QED) is 0.831. The normalized spacial score (nSPS) is 15.2. The van der Waals surface area contributed by atoms with Crippen molar-refractivity contribution in [2.24, 2.45) is 0 Å². The van der Waals surface area contributed by atoms with Crippen LogP contribution in [-0.2, 0) is 13.0 Å². The number of hydrogen-bond acceptors (Lipinski definition) is 2. The van der Waals surface area contributed by atoms with Crippen LogP contribution in [0, 0.1) is 0 Å². The zero-order chi connectivity index (χ0) is 13.2. The van der Waals surface area contributed by atoms with E-state index in [4.69, 9.17) is 5.73 Å². The van der Waals surface area contributed by atoms with Crippen LogP contribution >= 0.6 is 0 Å². The fraction of sp³-hybridized carbons (Fsp3) is 0.294. The lowest BCUT2D eigenvalue weighted by atomic mass is 9.90. The topological polar surface area (TPSA) is 29.3 Å². The van der Waals surface area contributed by atoms with E-state index in [0.717, 1.165) is 31.7 Å². The van der Waals surface area contributed by atoms with E-state index in [1.807, 2.05) is 0 Å². The summed E-state index contributed by atoms with van der Waals surface area (Å²) in [6.07, 6.45) is 1.12. The van der Waals surface area contributed by atoms with Crippen LogP contribution in [-0.4, -0.2) is 18.0 Å². The lowest BCUT2D eigenvalue weighted by Crippen LogP contribution is -2.30. The van der Waals surface area contributed by atoms with Crippen molar-refractivity contribution in [3.63, 3.8) is 0 Å². The molecular weight excluding hydrogens is 232 g/mol. The van der Waals surface area contributed by atoms with E-state index in [-0.39, 0.29) is 0 Å². The van der Waals surface area contributed by atoms with E-state index < -0.39 is 0 Å². The number of hydrogen-bond donors (Lipinski definition) is 1. The Balaban J connectivity index is 2.09. The molecule has 2 aromatic carbocycles. The van der Waals surface area contributed by atoms with E-state index >= 15 is 0 Å². The molecule has 19 heavy (non-hydrogen) atoms. The van der Waals surface area contributed by atoms with Gasteiger partial charge in [0.15, 0.2) is 0 Å². The Labute approximate surface area is 114 Å². The van der Waals surface area contributed by atoms with Crippen LogP contribution in [0.1, 0.15) is 18.1 Å². The second kappa shape index (κ2) is 5.06. The highest BCUT2D eigenvalue weighted by atomic mass is 15.1. The summed E-state index contributed by atoms with van der Waals surface area (Å²) in [6.45, 7) is 5.49. The predicted molar refractivity (Wildman–Crippen MR) is 80.9 cm³/mol. The van der Waals surface area contributed by atoms with E-state index in [1.165, 1.54) is 22.3 Å². The first-order valence-corrected chi connectivity index (χ1v) is 6.97. The molecule has 1 aliphatic heterocycles. The summed E-state index contributed by atoms with van der Waals surface area (Å²) in [6, 6.07) is 14.8. The summed E-state index contributed by atoms with van der Waals surface area (Å²) in [7, 11) is 0. The minimum Gasteiger partial charge on any atom is -0.399 e. The molecule has 0 aliphatic carbocycles. The molecule has 0 fully saturated rings.